The molecule has 1 fully saturated rings. The molecule has 28 heavy (non-hydrogen) atoms. The summed E-state index contributed by atoms with van der Waals surface area (Å²) in [5, 5.41) is 2.44. The van der Waals surface area contributed by atoms with Crippen molar-refractivity contribution in [3.63, 3.8) is 0 Å². The minimum Gasteiger partial charge on any atom is -0.444 e. The highest BCUT2D eigenvalue weighted by Gasteiger charge is 2.58. The third-order valence-electron chi connectivity index (χ3n) is 4.86. The van der Waals surface area contributed by atoms with Gasteiger partial charge in [0.05, 0.1) is 11.0 Å². The van der Waals surface area contributed by atoms with E-state index in [9.17, 15) is 27.6 Å². The van der Waals surface area contributed by atoms with Crippen LogP contribution in [0.5, 0.6) is 0 Å². The van der Waals surface area contributed by atoms with Gasteiger partial charge in [0.2, 0.25) is 11.8 Å². The number of alkyl halides is 3. The highest BCUT2D eigenvalue weighted by molar-refractivity contribution is 6.08. The Hall–Kier alpha value is -2.78. The third-order valence-corrected chi connectivity index (χ3v) is 4.86. The summed E-state index contributed by atoms with van der Waals surface area (Å²) < 4.78 is 44.2. The van der Waals surface area contributed by atoms with E-state index in [0.717, 1.165) is 17.0 Å². The van der Waals surface area contributed by atoms with E-state index in [1.807, 2.05) is 0 Å². The average molecular weight is 399 g/mol. The van der Waals surface area contributed by atoms with Gasteiger partial charge in [0.15, 0.2) is 0 Å². The van der Waals surface area contributed by atoms with E-state index in [0.29, 0.717) is 5.56 Å². The Bertz CT molecular complexity index is 863. The van der Waals surface area contributed by atoms with Gasteiger partial charge in [-0.15, -0.1) is 0 Å². The van der Waals surface area contributed by atoms with E-state index in [-0.39, 0.29) is 18.7 Å². The summed E-state index contributed by atoms with van der Waals surface area (Å²) in [6, 6.07) is 1.80. The van der Waals surface area contributed by atoms with Crippen LogP contribution in [0.3, 0.4) is 0 Å². The van der Waals surface area contributed by atoms with Gasteiger partial charge in [-0.25, -0.2) is 4.79 Å². The second-order valence-corrected chi connectivity index (χ2v) is 8.02. The van der Waals surface area contributed by atoms with E-state index in [1.54, 1.807) is 20.8 Å². The first kappa shape index (κ1) is 20.0. The van der Waals surface area contributed by atoms with Crippen molar-refractivity contribution in [2.75, 3.05) is 11.9 Å². The van der Waals surface area contributed by atoms with Crippen LogP contribution < -0.4 is 11.1 Å². The zero-order valence-corrected chi connectivity index (χ0v) is 15.5. The number of amides is 3. The number of benzene rings is 1. The fourth-order valence-electron chi connectivity index (χ4n) is 3.64. The summed E-state index contributed by atoms with van der Waals surface area (Å²) in [6.07, 6.45) is -5.52. The van der Waals surface area contributed by atoms with Gasteiger partial charge < -0.3 is 15.8 Å². The molecular formula is C18H20F3N3O4. The van der Waals surface area contributed by atoms with Gasteiger partial charge >= 0.3 is 12.3 Å². The number of carbonyl (C=O) groups excluding carboxylic acids is 3. The highest BCUT2D eigenvalue weighted by atomic mass is 19.4. The fraction of sp³-hybridized carbons (Fsp3) is 0.500. The Kier molecular flexibility index (Phi) is 4.36. The lowest BCUT2D eigenvalue weighted by Gasteiger charge is -2.27. The van der Waals surface area contributed by atoms with Crippen molar-refractivity contribution >= 4 is 23.6 Å². The molecule has 0 unspecified atom stereocenters. The molecule has 0 saturated carbocycles. The van der Waals surface area contributed by atoms with E-state index < -0.39 is 46.7 Å². The standard InChI is InChI=1S/C18H20F3N3O4/c1-16(2,3)28-15(27)24-8-17(7-12(24)13(22)25)10-5-4-9(18(19,20)21)6-11(10)23-14(17)26/h4-6,12H,7-8H2,1-3H3,(H2,22,25)(H,23,26)/t12-,17-/m0/s1. The Balaban J connectivity index is 2.00. The van der Waals surface area contributed by atoms with E-state index in [1.165, 1.54) is 6.07 Å². The second-order valence-electron chi connectivity index (χ2n) is 8.02. The number of carbonyl (C=O) groups is 3. The summed E-state index contributed by atoms with van der Waals surface area (Å²) in [5.41, 5.74) is 2.61. The minimum absolute atomic E-state index is 0.00841. The molecule has 1 saturated heterocycles. The van der Waals surface area contributed by atoms with Gasteiger partial charge in [-0.1, -0.05) is 6.07 Å². The maximum Gasteiger partial charge on any atom is 0.416 e. The van der Waals surface area contributed by atoms with Crippen molar-refractivity contribution in [2.24, 2.45) is 5.73 Å². The fourth-order valence-corrected chi connectivity index (χ4v) is 3.64. The molecular weight excluding hydrogens is 379 g/mol. The molecule has 0 radical (unpaired) electrons. The van der Waals surface area contributed by atoms with Crippen LogP contribution in [-0.2, 0) is 25.9 Å². The van der Waals surface area contributed by atoms with Gasteiger partial charge in [-0.3, -0.25) is 14.5 Å². The maximum atomic E-state index is 13.0. The number of ether oxygens (including phenoxy) is 1. The molecule has 2 heterocycles. The summed E-state index contributed by atoms with van der Waals surface area (Å²) in [5.74, 6) is -1.41. The molecule has 7 nitrogen and oxygen atoms in total. The van der Waals surface area contributed by atoms with Crippen LogP contribution in [0.1, 0.15) is 38.3 Å². The molecule has 2 aliphatic rings. The van der Waals surface area contributed by atoms with E-state index >= 15 is 0 Å². The number of nitrogens with two attached hydrogens (primary N) is 1. The van der Waals surface area contributed by atoms with Crippen LogP contribution in [-0.4, -0.2) is 41.0 Å². The predicted molar refractivity (Wildman–Crippen MR) is 92.3 cm³/mol. The molecule has 1 aromatic carbocycles. The number of rotatable bonds is 1. The molecule has 2 atom stereocenters. The minimum atomic E-state index is -4.57. The summed E-state index contributed by atoms with van der Waals surface area (Å²) >= 11 is 0. The number of hydrogen-bond donors (Lipinski definition) is 2. The van der Waals surface area contributed by atoms with Crippen molar-refractivity contribution < 1.29 is 32.3 Å². The number of hydrogen-bond acceptors (Lipinski definition) is 4. The molecule has 2 aliphatic heterocycles. The SMILES string of the molecule is CC(C)(C)OC(=O)N1C[C@]2(C[C@H]1C(N)=O)C(=O)Nc1cc(C(F)(F)F)ccc12. The first-order valence-corrected chi connectivity index (χ1v) is 8.57. The van der Waals surface area contributed by atoms with Crippen LogP contribution in [0, 0.1) is 0 Å². The number of nitrogens with one attached hydrogen (secondary N) is 1. The Morgan fingerprint density at radius 3 is 2.46 bits per heavy atom. The van der Waals surface area contributed by atoms with Crippen LogP contribution in [0.25, 0.3) is 0 Å². The molecule has 10 heteroatoms. The maximum absolute atomic E-state index is 13.0. The summed E-state index contributed by atoms with van der Waals surface area (Å²) in [6.45, 7) is 4.71. The highest BCUT2D eigenvalue weighted by Crippen LogP contribution is 2.48. The number of primary amides is 1. The van der Waals surface area contributed by atoms with Crippen molar-refractivity contribution in [2.45, 2.75) is 50.4 Å². The largest absolute Gasteiger partial charge is 0.444 e. The summed E-state index contributed by atoms with van der Waals surface area (Å²) in [4.78, 5) is 38.2. The van der Waals surface area contributed by atoms with Crippen LogP contribution >= 0.6 is 0 Å². The zero-order chi connectivity index (χ0) is 21.1. The van der Waals surface area contributed by atoms with Crippen molar-refractivity contribution in [3.05, 3.63) is 29.3 Å². The Labute approximate surface area is 159 Å². The smallest absolute Gasteiger partial charge is 0.416 e. The number of halogens is 3. The average Bonchev–Trinajstić information content (AvgIpc) is 3.05. The molecule has 3 N–H and O–H groups in total. The van der Waals surface area contributed by atoms with E-state index in [4.69, 9.17) is 10.5 Å². The van der Waals surface area contributed by atoms with Gasteiger partial charge in [0, 0.05) is 12.2 Å². The molecule has 1 aromatic rings. The quantitative estimate of drug-likeness (QED) is 0.757. The second kappa shape index (κ2) is 6.11. The third kappa shape index (κ3) is 3.27. The molecule has 0 aliphatic carbocycles. The number of fused-ring (bicyclic) bond motifs is 2. The number of anilines is 1. The monoisotopic (exact) mass is 399 g/mol. The number of likely N-dealkylation sites (tertiary alicyclic amines) is 1. The van der Waals surface area contributed by atoms with Crippen LogP contribution in [0.4, 0.5) is 23.7 Å². The molecule has 3 rings (SSSR count). The number of nitrogens with zero attached hydrogens (tertiary/aromatic N) is 1. The van der Waals surface area contributed by atoms with E-state index in [2.05, 4.69) is 5.32 Å². The van der Waals surface area contributed by atoms with Gasteiger partial charge in [0.1, 0.15) is 11.6 Å². The Morgan fingerprint density at radius 1 is 1.29 bits per heavy atom. The lowest BCUT2D eigenvalue weighted by molar-refractivity contribution is -0.137. The first-order chi connectivity index (χ1) is 12.7. The molecule has 152 valence electrons. The lowest BCUT2D eigenvalue weighted by Crippen LogP contribution is -2.46. The Morgan fingerprint density at radius 2 is 1.93 bits per heavy atom. The topological polar surface area (TPSA) is 102 Å². The summed E-state index contributed by atoms with van der Waals surface area (Å²) in [7, 11) is 0. The molecule has 0 aromatic heterocycles. The van der Waals surface area contributed by atoms with Gasteiger partial charge in [0.25, 0.3) is 0 Å². The normalized spacial score (nSPS) is 24.3. The van der Waals surface area contributed by atoms with Crippen molar-refractivity contribution in [3.8, 4) is 0 Å². The molecule has 3 amide bonds. The predicted octanol–water partition coefficient (Wildman–Crippen LogP) is 2.39. The van der Waals surface area contributed by atoms with Crippen LogP contribution in [0.2, 0.25) is 0 Å². The lowest BCUT2D eigenvalue weighted by atomic mass is 9.79. The van der Waals surface area contributed by atoms with Crippen LogP contribution in [0.15, 0.2) is 18.2 Å². The van der Waals surface area contributed by atoms with Gasteiger partial charge in [-0.2, -0.15) is 13.2 Å². The van der Waals surface area contributed by atoms with Gasteiger partial charge in [-0.05, 0) is 44.9 Å². The first-order valence-electron chi connectivity index (χ1n) is 8.57. The molecule has 1 spiro atoms. The van der Waals surface area contributed by atoms with Crippen molar-refractivity contribution in [1.82, 2.24) is 4.90 Å². The molecule has 0 bridgehead atoms. The van der Waals surface area contributed by atoms with Crippen molar-refractivity contribution in [1.29, 1.82) is 0 Å². The zero-order valence-electron chi connectivity index (χ0n) is 15.5.